The van der Waals surface area contributed by atoms with Crippen LogP contribution in [0.2, 0.25) is 0 Å². The molecule has 1 amide bonds. The molecule has 1 heterocycles. The number of methoxy groups -OCH3 is 1. The highest BCUT2D eigenvalue weighted by atomic mass is 32.2. The van der Waals surface area contributed by atoms with Gasteiger partial charge in [-0.3, -0.25) is 4.79 Å². The molecule has 0 radical (unpaired) electrons. The Bertz CT molecular complexity index is 266. The maximum Gasteiger partial charge on any atom is 0.232 e. The van der Waals surface area contributed by atoms with Gasteiger partial charge in [-0.05, 0) is 38.8 Å². The molecule has 1 saturated carbocycles. The second-order valence-electron chi connectivity index (χ2n) is 5.07. The van der Waals surface area contributed by atoms with Crippen molar-refractivity contribution in [3.05, 3.63) is 0 Å². The SMILES string of the molecule is COCCN(C(=O)CSC1CCNCC1)C1CC1. The highest BCUT2D eigenvalue weighted by molar-refractivity contribution is 8.00. The van der Waals surface area contributed by atoms with Gasteiger partial charge in [0.2, 0.25) is 5.91 Å². The van der Waals surface area contributed by atoms with E-state index in [0.717, 1.165) is 19.6 Å². The molecule has 2 rings (SSSR count). The predicted octanol–water partition coefficient (Wildman–Crippen LogP) is 1.11. The summed E-state index contributed by atoms with van der Waals surface area (Å²) >= 11 is 1.84. The Balaban J connectivity index is 1.70. The van der Waals surface area contributed by atoms with Gasteiger partial charge in [0.05, 0.1) is 12.4 Å². The quantitative estimate of drug-likeness (QED) is 0.754. The second-order valence-corrected chi connectivity index (χ2v) is 6.36. The lowest BCUT2D eigenvalue weighted by Crippen LogP contribution is -2.38. The Morgan fingerprint density at radius 1 is 1.33 bits per heavy atom. The number of nitrogens with zero attached hydrogens (tertiary/aromatic N) is 1. The van der Waals surface area contributed by atoms with Crippen LogP contribution in [0.4, 0.5) is 0 Å². The first-order valence-electron chi connectivity index (χ1n) is 6.92. The summed E-state index contributed by atoms with van der Waals surface area (Å²) < 4.78 is 5.09. The number of piperidine rings is 1. The molecular weight excluding hydrogens is 248 g/mol. The Hall–Kier alpha value is -0.260. The molecule has 0 aromatic carbocycles. The first kappa shape index (κ1) is 14.2. The molecule has 4 nitrogen and oxygen atoms in total. The van der Waals surface area contributed by atoms with Gasteiger partial charge in [0.15, 0.2) is 0 Å². The molecule has 2 aliphatic rings. The number of rotatable bonds is 7. The number of carbonyl (C=O) groups is 1. The van der Waals surface area contributed by atoms with Crippen molar-refractivity contribution < 1.29 is 9.53 Å². The van der Waals surface area contributed by atoms with Crippen molar-refractivity contribution in [2.24, 2.45) is 0 Å². The van der Waals surface area contributed by atoms with Crippen LogP contribution in [0.15, 0.2) is 0 Å². The summed E-state index contributed by atoms with van der Waals surface area (Å²) in [5.41, 5.74) is 0. The van der Waals surface area contributed by atoms with Crippen molar-refractivity contribution in [3.63, 3.8) is 0 Å². The van der Waals surface area contributed by atoms with Gasteiger partial charge >= 0.3 is 0 Å². The largest absolute Gasteiger partial charge is 0.383 e. The van der Waals surface area contributed by atoms with Gasteiger partial charge in [0.25, 0.3) is 0 Å². The molecule has 104 valence electrons. The molecule has 0 aromatic heterocycles. The molecule has 0 atom stereocenters. The minimum absolute atomic E-state index is 0.304. The average Bonchev–Trinajstić information content (AvgIpc) is 3.22. The normalized spacial score (nSPS) is 20.9. The number of hydrogen-bond donors (Lipinski definition) is 1. The van der Waals surface area contributed by atoms with Crippen molar-refractivity contribution in [2.75, 3.05) is 39.1 Å². The number of thioether (sulfide) groups is 1. The molecule has 1 aliphatic heterocycles. The fourth-order valence-corrected chi connectivity index (χ4v) is 3.43. The zero-order chi connectivity index (χ0) is 12.8. The molecule has 18 heavy (non-hydrogen) atoms. The predicted molar refractivity (Wildman–Crippen MR) is 75.0 cm³/mol. The van der Waals surface area contributed by atoms with Crippen LogP contribution in [0.3, 0.4) is 0 Å². The maximum atomic E-state index is 12.2. The van der Waals surface area contributed by atoms with Gasteiger partial charge in [-0.25, -0.2) is 0 Å². The number of amides is 1. The third-order valence-corrected chi connectivity index (χ3v) is 4.93. The van der Waals surface area contributed by atoms with Crippen LogP contribution in [0.25, 0.3) is 0 Å². The Kier molecular flexibility index (Phi) is 5.79. The van der Waals surface area contributed by atoms with Crippen molar-refractivity contribution in [2.45, 2.75) is 37.0 Å². The van der Waals surface area contributed by atoms with E-state index in [1.54, 1.807) is 7.11 Å². The first-order chi connectivity index (χ1) is 8.81. The fraction of sp³-hybridized carbons (Fsp3) is 0.923. The van der Waals surface area contributed by atoms with Crippen LogP contribution in [-0.2, 0) is 9.53 Å². The minimum Gasteiger partial charge on any atom is -0.383 e. The standard InChI is InChI=1S/C13H24N2O2S/c1-17-9-8-15(11-2-3-11)13(16)10-18-12-4-6-14-7-5-12/h11-12,14H,2-10H2,1H3. The molecule has 0 bridgehead atoms. The summed E-state index contributed by atoms with van der Waals surface area (Å²) in [6.45, 7) is 3.61. The number of ether oxygens (including phenoxy) is 1. The van der Waals surface area contributed by atoms with Gasteiger partial charge in [-0.1, -0.05) is 0 Å². The lowest BCUT2D eigenvalue weighted by molar-refractivity contribution is -0.129. The van der Waals surface area contributed by atoms with E-state index in [2.05, 4.69) is 5.32 Å². The Labute approximate surface area is 114 Å². The van der Waals surface area contributed by atoms with E-state index < -0.39 is 0 Å². The molecule has 1 saturated heterocycles. The number of hydrogen-bond acceptors (Lipinski definition) is 4. The second kappa shape index (κ2) is 7.36. The molecule has 1 aliphatic carbocycles. The van der Waals surface area contributed by atoms with E-state index >= 15 is 0 Å². The third kappa shape index (κ3) is 4.44. The summed E-state index contributed by atoms with van der Waals surface area (Å²) in [7, 11) is 1.69. The summed E-state index contributed by atoms with van der Waals surface area (Å²) in [4.78, 5) is 14.2. The van der Waals surface area contributed by atoms with Gasteiger partial charge in [0, 0.05) is 24.9 Å². The number of nitrogens with one attached hydrogen (secondary N) is 1. The summed E-state index contributed by atoms with van der Waals surface area (Å²) in [5, 5.41) is 4.02. The van der Waals surface area contributed by atoms with Crippen LogP contribution < -0.4 is 5.32 Å². The average molecular weight is 272 g/mol. The molecule has 1 N–H and O–H groups in total. The van der Waals surface area contributed by atoms with Gasteiger partial charge in [0.1, 0.15) is 0 Å². The topological polar surface area (TPSA) is 41.6 Å². The van der Waals surface area contributed by atoms with Gasteiger partial charge in [-0.15, -0.1) is 11.8 Å². The Morgan fingerprint density at radius 2 is 2.06 bits per heavy atom. The third-order valence-electron chi connectivity index (χ3n) is 3.57. The van der Waals surface area contributed by atoms with Gasteiger partial charge < -0.3 is 15.0 Å². The van der Waals surface area contributed by atoms with E-state index in [9.17, 15) is 4.79 Å². The summed E-state index contributed by atoms with van der Waals surface area (Å²) in [6, 6.07) is 0.501. The summed E-state index contributed by atoms with van der Waals surface area (Å²) in [5.74, 6) is 0.948. The molecule has 0 spiro atoms. The minimum atomic E-state index is 0.304. The first-order valence-corrected chi connectivity index (χ1v) is 7.97. The monoisotopic (exact) mass is 272 g/mol. The van der Waals surface area contributed by atoms with Crippen LogP contribution in [-0.4, -0.2) is 61.2 Å². The molecule has 0 aromatic rings. The zero-order valence-electron chi connectivity index (χ0n) is 11.2. The molecular formula is C13H24N2O2S. The van der Waals surface area contributed by atoms with Crippen molar-refractivity contribution in [3.8, 4) is 0 Å². The van der Waals surface area contributed by atoms with Crippen LogP contribution in [0.1, 0.15) is 25.7 Å². The van der Waals surface area contributed by atoms with Crippen molar-refractivity contribution >= 4 is 17.7 Å². The maximum absolute atomic E-state index is 12.2. The lowest BCUT2D eigenvalue weighted by atomic mass is 10.2. The van der Waals surface area contributed by atoms with Gasteiger partial charge in [-0.2, -0.15) is 0 Å². The van der Waals surface area contributed by atoms with Crippen LogP contribution in [0.5, 0.6) is 0 Å². The van der Waals surface area contributed by atoms with E-state index in [4.69, 9.17) is 4.74 Å². The zero-order valence-corrected chi connectivity index (χ0v) is 12.0. The van der Waals surface area contributed by atoms with E-state index in [1.165, 1.54) is 25.7 Å². The van der Waals surface area contributed by atoms with Crippen molar-refractivity contribution in [1.82, 2.24) is 10.2 Å². The van der Waals surface area contributed by atoms with Crippen LogP contribution >= 0.6 is 11.8 Å². The summed E-state index contributed by atoms with van der Waals surface area (Å²) in [6.07, 6.45) is 4.74. The smallest absolute Gasteiger partial charge is 0.232 e. The number of carbonyl (C=O) groups excluding carboxylic acids is 1. The van der Waals surface area contributed by atoms with E-state index in [-0.39, 0.29) is 0 Å². The lowest BCUT2D eigenvalue weighted by Gasteiger charge is -2.25. The van der Waals surface area contributed by atoms with E-state index in [1.807, 2.05) is 16.7 Å². The van der Waals surface area contributed by atoms with Crippen LogP contribution in [0, 0.1) is 0 Å². The highest BCUT2D eigenvalue weighted by Crippen LogP contribution is 2.28. The van der Waals surface area contributed by atoms with Crippen molar-refractivity contribution in [1.29, 1.82) is 0 Å². The van der Waals surface area contributed by atoms with E-state index in [0.29, 0.717) is 29.6 Å². The molecule has 0 unspecified atom stereocenters. The molecule has 2 fully saturated rings. The fourth-order valence-electron chi connectivity index (χ4n) is 2.32. The Morgan fingerprint density at radius 3 is 2.67 bits per heavy atom. The molecule has 5 heteroatoms. The highest BCUT2D eigenvalue weighted by Gasteiger charge is 2.32.